The van der Waals surface area contributed by atoms with E-state index in [-0.39, 0.29) is 10.7 Å². The van der Waals surface area contributed by atoms with E-state index in [0.717, 1.165) is 15.9 Å². The SMILES string of the molecule is CN(Cc1ccccn1)c1ccc2c(c1)c1ncnc(Cl)c1n2CC(F)(F)F. The molecule has 0 atom stereocenters. The molecule has 3 heterocycles. The molecule has 0 amide bonds. The van der Waals surface area contributed by atoms with Crippen molar-refractivity contribution in [3.05, 3.63) is 59.8 Å². The number of aromatic nitrogens is 4. The Bertz CT molecular complexity index is 1140. The van der Waals surface area contributed by atoms with Gasteiger partial charge < -0.3 is 9.47 Å². The van der Waals surface area contributed by atoms with Crippen LogP contribution in [0.2, 0.25) is 5.15 Å². The maximum absolute atomic E-state index is 13.1. The second-order valence-electron chi connectivity index (χ2n) is 6.44. The van der Waals surface area contributed by atoms with E-state index in [2.05, 4.69) is 15.0 Å². The highest BCUT2D eigenvalue weighted by Crippen LogP contribution is 2.35. The van der Waals surface area contributed by atoms with Gasteiger partial charge in [-0.3, -0.25) is 4.98 Å². The summed E-state index contributed by atoms with van der Waals surface area (Å²) in [4.78, 5) is 14.3. The summed E-state index contributed by atoms with van der Waals surface area (Å²) in [6.07, 6.45) is -1.42. The molecule has 28 heavy (non-hydrogen) atoms. The lowest BCUT2D eigenvalue weighted by Crippen LogP contribution is -2.18. The zero-order chi connectivity index (χ0) is 19.9. The molecule has 1 aromatic carbocycles. The maximum atomic E-state index is 13.1. The van der Waals surface area contributed by atoms with Crippen LogP contribution in [-0.2, 0) is 13.1 Å². The van der Waals surface area contributed by atoms with E-state index in [1.54, 1.807) is 18.3 Å². The Morgan fingerprint density at radius 2 is 1.93 bits per heavy atom. The van der Waals surface area contributed by atoms with Gasteiger partial charge in [-0.15, -0.1) is 0 Å². The van der Waals surface area contributed by atoms with Crippen LogP contribution in [0.3, 0.4) is 0 Å². The topological polar surface area (TPSA) is 46.8 Å². The van der Waals surface area contributed by atoms with Gasteiger partial charge in [-0.05, 0) is 30.3 Å². The number of rotatable bonds is 4. The van der Waals surface area contributed by atoms with E-state index in [0.29, 0.717) is 23.0 Å². The van der Waals surface area contributed by atoms with Crippen LogP contribution in [0.5, 0.6) is 0 Å². The Morgan fingerprint density at radius 3 is 2.64 bits per heavy atom. The normalized spacial score (nSPS) is 12.0. The van der Waals surface area contributed by atoms with Gasteiger partial charge in [0.15, 0.2) is 5.15 Å². The fourth-order valence-electron chi connectivity index (χ4n) is 3.27. The van der Waals surface area contributed by atoms with Gasteiger partial charge >= 0.3 is 6.18 Å². The number of hydrogen-bond donors (Lipinski definition) is 0. The van der Waals surface area contributed by atoms with Crippen molar-refractivity contribution in [1.29, 1.82) is 0 Å². The quantitative estimate of drug-likeness (QED) is 0.456. The van der Waals surface area contributed by atoms with Crippen molar-refractivity contribution < 1.29 is 13.2 Å². The Labute approximate surface area is 163 Å². The minimum absolute atomic E-state index is 0.00570. The summed E-state index contributed by atoms with van der Waals surface area (Å²) in [6, 6.07) is 10.9. The van der Waals surface area contributed by atoms with Crippen LogP contribution in [0.4, 0.5) is 18.9 Å². The molecule has 0 N–H and O–H groups in total. The molecule has 0 aliphatic rings. The summed E-state index contributed by atoms with van der Waals surface area (Å²) >= 11 is 6.11. The molecular weight excluding hydrogens is 391 g/mol. The van der Waals surface area contributed by atoms with Gasteiger partial charge in [-0.2, -0.15) is 13.2 Å². The Kier molecular flexibility index (Phi) is 4.58. The van der Waals surface area contributed by atoms with Crippen LogP contribution < -0.4 is 4.90 Å². The van der Waals surface area contributed by atoms with Gasteiger partial charge in [0.25, 0.3) is 0 Å². The van der Waals surface area contributed by atoms with Crippen molar-refractivity contribution in [2.75, 3.05) is 11.9 Å². The van der Waals surface area contributed by atoms with Gasteiger partial charge in [0, 0.05) is 24.3 Å². The van der Waals surface area contributed by atoms with Crippen LogP contribution in [0.15, 0.2) is 48.9 Å². The van der Waals surface area contributed by atoms with E-state index >= 15 is 0 Å². The van der Waals surface area contributed by atoms with Crippen molar-refractivity contribution in [2.24, 2.45) is 0 Å². The minimum atomic E-state index is -4.40. The first-order valence-corrected chi connectivity index (χ1v) is 8.81. The third-order valence-electron chi connectivity index (χ3n) is 4.48. The molecule has 0 bridgehead atoms. The Morgan fingerprint density at radius 1 is 1.11 bits per heavy atom. The Hall–Kier alpha value is -2.87. The second kappa shape index (κ2) is 6.94. The standard InChI is InChI=1S/C19H15ClF3N5/c1-27(9-12-4-2-3-7-24-12)13-5-6-15-14(8-13)16-17(18(20)26-11-25-16)28(15)10-19(21,22)23/h2-8,11H,9-10H2,1H3. The lowest BCUT2D eigenvalue weighted by atomic mass is 10.2. The lowest BCUT2D eigenvalue weighted by Gasteiger charge is -2.19. The van der Waals surface area contributed by atoms with Crippen molar-refractivity contribution in [2.45, 2.75) is 19.3 Å². The monoisotopic (exact) mass is 405 g/mol. The third kappa shape index (κ3) is 3.47. The summed E-state index contributed by atoms with van der Waals surface area (Å²) in [6.45, 7) is -0.605. The third-order valence-corrected chi connectivity index (χ3v) is 4.75. The highest BCUT2D eigenvalue weighted by Gasteiger charge is 2.30. The molecule has 0 aliphatic carbocycles. The lowest BCUT2D eigenvalue weighted by molar-refractivity contribution is -0.139. The Balaban J connectivity index is 1.83. The summed E-state index contributed by atoms with van der Waals surface area (Å²) in [5.41, 5.74) is 2.70. The number of alkyl halides is 3. The van der Waals surface area contributed by atoms with Crippen LogP contribution in [0.25, 0.3) is 21.9 Å². The number of anilines is 1. The van der Waals surface area contributed by atoms with Crippen LogP contribution in [0, 0.1) is 0 Å². The molecule has 4 rings (SSSR count). The second-order valence-corrected chi connectivity index (χ2v) is 6.80. The predicted octanol–water partition coefficient (Wildman–Crippen LogP) is 4.83. The largest absolute Gasteiger partial charge is 0.406 e. The zero-order valence-corrected chi connectivity index (χ0v) is 15.5. The first-order chi connectivity index (χ1) is 13.3. The molecule has 3 aromatic heterocycles. The van der Waals surface area contributed by atoms with E-state index in [1.165, 1.54) is 6.33 Å². The van der Waals surface area contributed by atoms with E-state index in [9.17, 15) is 13.2 Å². The van der Waals surface area contributed by atoms with Gasteiger partial charge in [-0.1, -0.05) is 17.7 Å². The average molecular weight is 406 g/mol. The molecular formula is C19H15ClF3N5. The number of halogens is 4. The smallest absolute Gasteiger partial charge is 0.369 e. The van der Waals surface area contributed by atoms with Gasteiger partial charge in [0.2, 0.25) is 0 Å². The molecule has 0 spiro atoms. The van der Waals surface area contributed by atoms with Gasteiger partial charge in [0.05, 0.1) is 17.8 Å². The highest BCUT2D eigenvalue weighted by molar-refractivity contribution is 6.34. The first-order valence-electron chi connectivity index (χ1n) is 8.44. The van der Waals surface area contributed by atoms with Crippen molar-refractivity contribution in [3.8, 4) is 0 Å². The molecule has 0 radical (unpaired) electrons. The molecule has 9 heteroatoms. The summed E-state index contributed by atoms with van der Waals surface area (Å²) in [5, 5.41) is 0.586. The van der Waals surface area contributed by atoms with Crippen LogP contribution in [0.1, 0.15) is 5.69 Å². The summed E-state index contributed by atoms with van der Waals surface area (Å²) in [7, 11) is 1.90. The van der Waals surface area contributed by atoms with Crippen LogP contribution >= 0.6 is 11.6 Å². The molecule has 5 nitrogen and oxygen atoms in total. The van der Waals surface area contributed by atoms with Gasteiger partial charge in [0.1, 0.15) is 23.9 Å². The molecule has 0 saturated heterocycles. The molecule has 4 aromatic rings. The predicted molar refractivity (Wildman–Crippen MR) is 102 cm³/mol. The van der Waals surface area contributed by atoms with Crippen molar-refractivity contribution >= 4 is 39.2 Å². The number of nitrogens with zero attached hydrogens (tertiary/aromatic N) is 5. The number of hydrogen-bond acceptors (Lipinski definition) is 4. The fraction of sp³-hybridized carbons (Fsp3) is 0.211. The van der Waals surface area contributed by atoms with Crippen molar-refractivity contribution in [3.63, 3.8) is 0 Å². The zero-order valence-electron chi connectivity index (χ0n) is 14.8. The summed E-state index contributed by atoms with van der Waals surface area (Å²) in [5.74, 6) is 0. The van der Waals surface area contributed by atoms with E-state index in [1.807, 2.05) is 36.2 Å². The average Bonchev–Trinajstić information content (AvgIpc) is 2.95. The maximum Gasteiger partial charge on any atom is 0.406 e. The number of benzene rings is 1. The first kappa shape index (κ1) is 18.5. The molecule has 0 unspecified atom stereocenters. The van der Waals surface area contributed by atoms with Gasteiger partial charge in [-0.25, -0.2) is 9.97 Å². The molecule has 0 aliphatic heterocycles. The van der Waals surface area contributed by atoms with Crippen molar-refractivity contribution in [1.82, 2.24) is 19.5 Å². The summed E-state index contributed by atoms with van der Waals surface area (Å²) < 4.78 is 40.5. The van der Waals surface area contributed by atoms with E-state index < -0.39 is 12.7 Å². The highest BCUT2D eigenvalue weighted by atomic mass is 35.5. The fourth-order valence-corrected chi connectivity index (χ4v) is 3.51. The minimum Gasteiger partial charge on any atom is -0.369 e. The number of fused-ring (bicyclic) bond motifs is 3. The molecule has 144 valence electrons. The molecule has 0 saturated carbocycles. The van der Waals surface area contributed by atoms with E-state index in [4.69, 9.17) is 11.6 Å². The van der Waals surface area contributed by atoms with Crippen LogP contribution in [-0.4, -0.2) is 32.7 Å². The molecule has 0 fully saturated rings. The number of pyridine rings is 1.